The molecule has 0 amide bonds. The topological polar surface area (TPSA) is 387 Å². The maximum Gasteiger partial charge on any atom is 0.362 e. The van der Waals surface area contributed by atoms with Crippen molar-refractivity contribution in [2.45, 2.75) is 26.0 Å². The van der Waals surface area contributed by atoms with Gasteiger partial charge in [-0.15, -0.1) is 0 Å². The molecule has 0 saturated heterocycles. The largest absolute Gasteiger partial charge is 0.379 e. The van der Waals surface area contributed by atoms with Crippen molar-refractivity contribution in [1.82, 2.24) is 0 Å². The van der Waals surface area contributed by atoms with Gasteiger partial charge in [-0.1, -0.05) is 66.7 Å². The highest BCUT2D eigenvalue weighted by Crippen LogP contribution is 2.46. The summed E-state index contributed by atoms with van der Waals surface area (Å²) in [7, 11) is -20.8. The molecule has 10 rings (SSSR count). The predicted octanol–water partition coefficient (Wildman–Crippen LogP) is 5.87. The van der Waals surface area contributed by atoms with Crippen molar-refractivity contribution < 1.29 is 88.7 Å². The van der Waals surface area contributed by atoms with Crippen molar-refractivity contribution in [2.24, 2.45) is 0 Å². The normalized spacial score (nSPS) is 14.4. The molecule has 0 spiro atoms. The molecule has 4 aliphatic carbocycles. The molecular formula is C53H28N8O16S4. The summed E-state index contributed by atoms with van der Waals surface area (Å²) < 4.78 is 138. The highest BCUT2D eigenvalue weighted by molar-refractivity contribution is 7.88. The van der Waals surface area contributed by atoms with Crippen LogP contribution < -0.4 is 16.7 Å². The Kier molecular flexibility index (Phi) is 13.5. The third-order valence-electron chi connectivity index (χ3n) is 12.6. The molecule has 4 aliphatic rings. The Morgan fingerprint density at radius 1 is 0.346 bits per heavy atom. The van der Waals surface area contributed by atoms with E-state index in [-0.39, 0.29) is 67.1 Å². The summed E-state index contributed by atoms with van der Waals surface area (Å²) >= 11 is 0. The lowest BCUT2D eigenvalue weighted by Gasteiger charge is -2.21. The first-order chi connectivity index (χ1) is 38.6. The van der Waals surface area contributed by atoms with Crippen LogP contribution in [0.2, 0.25) is 0 Å². The SMILES string of the molecule is [N-]=[N+]=C1C=Cc2c(cccc2S(=O)(=O)Oc2ccc(Cc3ccc(OS(=O)(=O)c4cccc5c4C=CC(=[N+]=[N-])C5=O)c(OS(=O)(=O)c4cccc5c4C=CC(=[N+]=[N-])C5=O)c3OS(=O)(=O)c3cccc4c3C=CC(=[N+]=[N-])C4=O)cc2)C1=O. The monoisotopic (exact) mass is 1160 g/mol. The molecule has 400 valence electrons. The van der Waals surface area contributed by atoms with Crippen molar-refractivity contribution in [1.29, 1.82) is 0 Å². The summed E-state index contributed by atoms with van der Waals surface area (Å²) in [6.45, 7) is 0. The summed E-state index contributed by atoms with van der Waals surface area (Å²) in [5.41, 5.74) is 33.7. The van der Waals surface area contributed by atoms with Gasteiger partial charge in [0, 0.05) is 80.8 Å². The lowest BCUT2D eigenvalue weighted by molar-refractivity contribution is -0.00459. The van der Waals surface area contributed by atoms with E-state index in [1.807, 2.05) is 0 Å². The lowest BCUT2D eigenvalue weighted by atomic mass is 9.95. The molecule has 0 aliphatic heterocycles. The van der Waals surface area contributed by atoms with Crippen LogP contribution in [0.15, 0.2) is 153 Å². The number of rotatable bonds is 14. The Balaban J connectivity index is 1.13. The minimum absolute atomic E-state index is 0.0549. The molecule has 0 atom stereocenters. The zero-order chi connectivity index (χ0) is 57.8. The number of allylic oxidation sites excluding steroid dienone is 4. The first-order valence-electron chi connectivity index (χ1n) is 23.0. The Hall–Kier alpha value is -10.5. The number of hydrogen-bond acceptors (Lipinski definition) is 16. The minimum atomic E-state index is -5.45. The number of benzene rings is 6. The summed E-state index contributed by atoms with van der Waals surface area (Å²) in [6, 6.07) is 20.7. The maximum absolute atomic E-state index is 14.8. The van der Waals surface area contributed by atoms with E-state index in [2.05, 4.69) is 19.2 Å². The van der Waals surface area contributed by atoms with E-state index in [4.69, 9.17) is 16.7 Å². The Labute approximate surface area is 457 Å². The van der Waals surface area contributed by atoms with Crippen molar-refractivity contribution in [3.8, 4) is 23.0 Å². The molecular weight excluding hydrogens is 1130 g/mol. The summed E-state index contributed by atoms with van der Waals surface area (Å²) in [5.74, 6) is -7.20. The van der Waals surface area contributed by atoms with E-state index in [9.17, 15) is 75.0 Å². The number of Topliss-reactive ketones (excluding diaryl/α,β-unsaturated/α-hetero) is 4. The fourth-order valence-electron chi connectivity index (χ4n) is 8.83. The Morgan fingerprint density at radius 2 is 0.667 bits per heavy atom. The minimum Gasteiger partial charge on any atom is -0.379 e. The van der Waals surface area contributed by atoms with Gasteiger partial charge in [0.05, 0.1) is 0 Å². The van der Waals surface area contributed by atoms with Gasteiger partial charge < -0.3 is 38.9 Å². The van der Waals surface area contributed by atoms with Crippen LogP contribution in [-0.4, -0.2) is 98.8 Å². The van der Waals surface area contributed by atoms with E-state index in [1.54, 1.807) is 0 Å². The number of ketones is 4. The zero-order valence-electron chi connectivity index (χ0n) is 40.5. The maximum atomic E-state index is 14.8. The smallest absolute Gasteiger partial charge is 0.362 e. The molecule has 0 bridgehead atoms. The van der Waals surface area contributed by atoms with Gasteiger partial charge in [-0.3, -0.25) is 19.2 Å². The van der Waals surface area contributed by atoms with Gasteiger partial charge >= 0.3 is 63.3 Å². The van der Waals surface area contributed by atoms with Crippen molar-refractivity contribution in [2.75, 3.05) is 0 Å². The first-order valence-corrected chi connectivity index (χ1v) is 28.6. The molecule has 0 unspecified atom stereocenters. The third-order valence-corrected chi connectivity index (χ3v) is 17.7. The molecule has 0 radical (unpaired) electrons. The van der Waals surface area contributed by atoms with Crippen LogP contribution in [0.25, 0.3) is 46.4 Å². The van der Waals surface area contributed by atoms with Crippen LogP contribution in [-0.2, 0) is 46.9 Å². The molecule has 24 nitrogen and oxygen atoms in total. The highest BCUT2D eigenvalue weighted by atomic mass is 32.2. The molecule has 0 heterocycles. The van der Waals surface area contributed by atoms with Crippen molar-refractivity contribution in [3.05, 3.63) is 211 Å². The second-order valence-electron chi connectivity index (χ2n) is 17.3. The van der Waals surface area contributed by atoms with Gasteiger partial charge in [0.2, 0.25) is 5.75 Å². The van der Waals surface area contributed by atoms with Crippen molar-refractivity contribution in [3.63, 3.8) is 0 Å². The van der Waals surface area contributed by atoms with Crippen molar-refractivity contribution >= 4 is 111 Å². The molecule has 0 fully saturated rings. The van der Waals surface area contributed by atoms with Crippen LogP contribution in [0.1, 0.15) is 74.8 Å². The number of hydrogen-bond donors (Lipinski definition) is 0. The number of nitrogens with zero attached hydrogens (tertiary/aromatic N) is 8. The first kappa shape index (κ1) is 53.9. The molecule has 81 heavy (non-hydrogen) atoms. The Morgan fingerprint density at radius 3 is 1.01 bits per heavy atom. The quantitative estimate of drug-likeness (QED) is 0.0699. The number of carbonyl (C=O) groups excluding carboxylic acids is 4. The van der Waals surface area contributed by atoms with E-state index >= 15 is 0 Å². The third kappa shape index (κ3) is 9.71. The molecule has 0 saturated carbocycles. The van der Waals surface area contributed by atoms with Crippen LogP contribution in [0.5, 0.6) is 23.0 Å². The van der Waals surface area contributed by atoms with Gasteiger partial charge in [0.25, 0.3) is 23.1 Å². The van der Waals surface area contributed by atoms with Gasteiger partial charge in [-0.25, -0.2) is 0 Å². The van der Waals surface area contributed by atoms with Gasteiger partial charge in [0.15, 0.2) is 11.5 Å². The molecule has 6 aromatic carbocycles. The van der Waals surface area contributed by atoms with E-state index in [0.29, 0.717) is 0 Å². The number of carbonyl (C=O) groups is 4. The average Bonchev–Trinajstić information content (AvgIpc) is 3.53. The predicted molar refractivity (Wildman–Crippen MR) is 281 cm³/mol. The summed E-state index contributed by atoms with van der Waals surface area (Å²) in [6.07, 6.45) is 8.18. The standard InChI is InChI=1S/C53H28N8O16S4/c54-58-39-22-18-31-35(48(39)62)5-1-9-44(31)78(66,67)74-30-16-13-28(14-17-30)27-29-15-26-43(75-79(68,69)45-10-2-6-36-32(45)19-23-40(59-55)49(36)63)53(77-81(72,73)47-12-4-8-38-34(47)21-25-42(61-57)51(38)65)52(29)76-80(70,71)46-11-3-7-37-33(46)20-24-41(60-56)50(37)64/h1-26H,27H2. The second-order valence-corrected chi connectivity index (χ2v) is 23.4. The van der Waals surface area contributed by atoms with Crippen LogP contribution >= 0.6 is 0 Å². The molecule has 28 heteroatoms. The van der Waals surface area contributed by atoms with Gasteiger partial charge in [-0.05, 0) is 72.3 Å². The van der Waals surface area contributed by atoms with Gasteiger partial charge in [-0.2, -0.15) is 52.8 Å². The fraction of sp³-hybridized carbons (Fsp3) is 0.0189. The van der Waals surface area contributed by atoms with E-state index in [0.717, 1.165) is 91.1 Å². The van der Waals surface area contributed by atoms with E-state index < -0.39 is 124 Å². The highest BCUT2D eigenvalue weighted by Gasteiger charge is 2.39. The van der Waals surface area contributed by atoms with Crippen LogP contribution in [0.3, 0.4) is 0 Å². The Bertz CT molecular complexity index is 4770. The fourth-order valence-corrected chi connectivity index (χ4v) is 13.5. The van der Waals surface area contributed by atoms with Gasteiger partial charge in [0.1, 0.15) is 25.3 Å². The second kappa shape index (κ2) is 20.4. The molecule has 6 aromatic rings. The number of fused-ring (bicyclic) bond motifs is 4. The lowest BCUT2D eigenvalue weighted by Crippen LogP contribution is -2.23. The summed E-state index contributed by atoms with van der Waals surface area (Å²) in [5, 5.41) is 0. The van der Waals surface area contributed by atoms with E-state index in [1.165, 1.54) is 66.7 Å². The molecule has 0 N–H and O–H groups in total. The zero-order valence-corrected chi connectivity index (χ0v) is 43.7. The molecule has 0 aromatic heterocycles. The average molecular weight is 1160 g/mol. The van der Waals surface area contributed by atoms with Crippen LogP contribution in [0, 0.1) is 0 Å². The summed E-state index contributed by atoms with van der Waals surface area (Å²) in [4.78, 5) is 61.5. The van der Waals surface area contributed by atoms with Crippen LogP contribution in [0.4, 0.5) is 0 Å².